The molecule has 1 atom stereocenters. The molecule has 1 aliphatic rings. The second kappa shape index (κ2) is 8.13. The standard InChI is InChI=1S/C15H19ClN2O7S2/c1-18(8-14(19)17-11-5-6-26(21,22)9-11)27(23,24)13-4-3-10(7-12(13)16)15(20)25-2/h3-4,7,11H,5-6,8-9H2,1-2H3,(H,17,19). The van der Waals surface area contributed by atoms with E-state index in [2.05, 4.69) is 10.1 Å². The van der Waals surface area contributed by atoms with Crippen LogP contribution in [-0.2, 0) is 29.4 Å². The molecule has 0 aromatic heterocycles. The van der Waals surface area contributed by atoms with Crippen LogP contribution in [0.4, 0.5) is 0 Å². The summed E-state index contributed by atoms with van der Waals surface area (Å²) in [5.41, 5.74) is 0.0873. The summed E-state index contributed by atoms with van der Waals surface area (Å²) in [6.07, 6.45) is 0.297. The number of carbonyl (C=O) groups excluding carboxylic acids is 2. The van der Waals surface area contributed by atoms with Crippen LogP contribution in [0.5, 0.6) is 0 Å². The monoisotopic (exact) mass is 438 g/mol. The minimum absolute atomic E-state index is 0.00572. The molecule has 1 amide bonds. The van der Waals surface area contributed by atoms with Crippen molar-refractivity contribution in [3.05, 3.63) is 28.8 Å². The molecule has 1 unspecified atom stereocenters. The Hall–Kier alpha value is -1.69. The van der Waals surface area contributed by atoms with Crippen molar-refractivity contribution in [3.63, 3.8) is 0 Å². The lowest BCUT2D eigenvalue weighted by Gasteiger charge is -2.19. The maximum atomic E-state index is 12.6. The second-order valence-electron chi connectivity index (χ2n) is 6.07. The lowest BCUT2D eigenvalue weighted by Crippen LogP contribution is -2.43. The molecule has 0 bridgehead atoms. The first-order valence-electron chi connectivity index (χ1n) is 7.80. The first-order chi connectivity index (χ1) is 12.5. The number of sulfonamides is 1. The van der Waals surface area contributed by atoms with Crippen molar-refractivity contribution in [3.8, 4) is 0 Å². The number of amides is 1. The first kappa shape index (κ1) is 21.6. The van der Waals surface area contributed by atoms with E-state index in [1.165, 1.54) is 20.2 Å². The molecule has 0 radical (unpaired) electrons. The van der Waals surface area contributed by atoms with Gasteiger partial charge in [0.1, 0.15) is 4.90 Å². The number of nitrogens with zero attached hydrogens (tertiary/aromatic N) is 1. The predicted octanol–water partition coefficient (Wildman–Crippen LogP) is 0.0504. The normalized spacial score (nSPS) is 19.0. The van der Waals surface area contributed by atoms with Crippen molar-refractivity contribution in [2.75, 3.05) is 32.2 Å². The number of hydrogen-bond donors (Lipinski definition) is 1. The number of hydrogen-bond acceptors (Lipinski definition) is 7. The van der Waals surface area contributed by atoms with Gasteiger partial charge in [0.15, 0.2) is 9.84 Å². The third-order valence-electron chi connectivity index (χ3n) is 4.01. The van der Waals surface area contributed by atoms with Crippen LogP contribution in [0.3, 0.4) is 0 Å². The summed E-state index contributed by atoms with van der Waals surface area (Å²) < 4.78 is 53.4. The van der Waals surface area contributed by atoms with Crippen LogP contribution in [-0.4, -0.2) is 71.3 Å². The van der Waals surface area contributed by atoms with Crippen molar-refractivity contribution in [2.45, 2.75) is 17.4 Å². The van der Waals surface area contributed by atoms with Crippen LogP contribution in [0.15, 0.2) is 23.1 Å². The van der Waals surface area contributed by atoms with Crippen LogP contribution in [0, 0.1) is 0 Å². The second-order valence-corrected chi connectivity index (χ2v) is 10.7. The number of likely N-dealkylation sites (N-methyl/N-ethyl adjacent to an activating group) is 1. The number of nitrogens with one attached hydrogen (secondary N) is 1. The van der Waals surface area contributed by atoms with Crippen LogP contribution in [0.2, 0.25) is 5.02 Å². The molecule has 150 valence electrons. The van der Waals surface area contributed by atoms with Crippen molar-refractivity contribution in [1.82, 2.24) is 9.62 Å². The minimum Gasteiger partial charge on any atom is -0.465 e. The minimum atomic E-state index is -4.10. The number of rotatable bonds is 6. The van der Waals surface area contributed by atoms with Gasteiger partial charge in [0, 0.05) is 13.1 Å². The van der Waals surface area contributed by atoms with Crippen LogP contribution < -0.4 is 5.32 Å². The van der Waals surface area contributed by atoms with E-state index < -0.39 is 44.3 Å². The Labute approximate surface area is 162 Å². The van der Waals surface area contributed by atoms with Gasteiger partial charge in [-0.1, -0.05) is 11.6 Å². The van der Waals surface area contributed by atoms with Crippen molar-refractivity contribution in [2.24, 2.45) is 0 Å². The Morgan fingerprint density at radius 1 is 1.37 bits per heavy atom. The molecule has 1 aromatic rings. The van der Waals surface area contributed by atoms with Gasteiger partial charge in [0.05, 0.1) is 35.7 Å². The Bertz CT molecular complexity index is 960. The Balaban J connectivity index is 2.09. The Morgan fingerprint density at radius 2 is 2.04 bits per heavy atom. The first-order valence-corrected chi connectivity index (χ1v) is 11.4. The third kappa shape index (κ3) is 5.18. The molecule has 9 nitrogen and oxygen atoms in total. The number of esters is 1. The Kier molecular flexibility index (Phi) is 6.51. The van der Waals surface area contributed by atoms with Gasteiger partial charge < -0.3 is 10.1 Å². The molecule has 0 aliphatic carbocycles. The van der Waals surface area contributed by atoms with E-state index in [1.807, 2.05) is 0 Å². The van der Waals surface area contributed by atoms with Gasteiger partial charge >= 0.3 is 5.97 Å². The summed E-state index contributed by atoms with van der Waals surface area (Å²) >= 11 is 5.98. The summed E-state index contributed by atoms with van der Waals surface area (Å²) in [7, 11) is -4.88. The zero-order valence-electron chi connectivity index (χ0n) is 14.6. The molecule has 1 saturated heterocycles. The number of methoxy groups -OCH3 is 1. The summed E-state index contributed by atoms with van der Waals surface area (Å²) in [4.78, 5) is 23.3. The fourth-order valence-electron chi connectivity index (χ4n) is 2.59. The average molecular weight is 439 g/mol. The highest BCUT2D eigenvalue weighted by molar-refractivity contribution is 7.91. The maximum absolute atomic E-state index is 12.6. The predicted molar refractivity (Wildman–Crippen MR) is 97.8 cm³/mol. The lowest BCUT2D eigenvalue weighted by atomic mass is 10.2. The zero-order chi connectivity index (χ0) is 20.4. The number of carbonyl (C=O) groups is 2. The number of benzene rings is 1. The smallest absolute Gasteiger partial charge is 0.337 e. The molecule has 27 heavy (non-hydrogen) atoms. The molecular weight excluding hydrogens is 420 g/mol. The van der Waals surface area contributed by atoms with Crippen molar-refractivity contribution < 1.29 is 31.2 Å². The van der Waals surface area contributed by atoms with E-state index in [4.69, 9.17) is 11.6 Å². The van der Waals surface area contributed by atoms with Gasteiger partial charge in [0.25, 0.3) is 0 Å². The fourth-order valence-corrected chi connectivity index (χ4v) is 5.91. The van der Waals surface area contributed by atoms with Gasteiger partial charge in [-0.25, -0.2) is 21.6 Å². The summed E-state index contributed by atoms with van der Waals surface area (Å²) in [6.45, 7) is -0.506. The summed E-state index contributed by atoms with van der Waals surface area (Å²) in [6, 6.07) is 3.04. The SMILES string of the molecule is COC(=O)c1ccc(S(=O)(=O)N(C)CC(=O)NC2CCS(=O)(=O)C2)c(Cl)c1. The molecule has 1 heterocycles. The van der Waals surface area contributed by atoms with Gasteiger partial charge in [0.2, 0.25) is 15.9 Å². The van der Waals surface area contributed by atoms with E-state index >= 15 is 0 Å². The fraction of sp³-hybridized carbons (Fsp3) is 0.467. The van der Waals surface area contributed by atoms with Crippen LogP contribution >= 0.6 is 11.6 Å². The van der Waals surface area contributed by atoms with Gasteiger partial charge in [-0.05, 0) is 24.6 Å². The van der Waals surface area contributed by atoms with E-state index in [9.17, 15) is 26.4 Å². The highest BCUT2D eigenvalue weighted by atomic mass is 35.5. The van der Waals surface area contributed by atoms with Gasteiger partial charge in [-0.3, -0.25) is 4.79 Å². The largest absolute Gasteiger partial charge is 0.465 e. The molecule has 2 rings (SSSR count). The van der Waals surface area contributed by atoms with E-state index in [-0.39, 0.29) is 27.0 Å². The topological polar surface area (TPSA) is 127 Å². The van der Waals surface area contributed by atoms with Crippen molar-refractivity contribution in [1.29, 1.82) is 0 Å². The van der Waals surface area contributed by atoms with Crippen LogP contribution in [0.25, 0.3) is 0 Å². The number of sulfone groups is 1. The molecule has 0 saturated carbocycles. The zero-order valence-corrected chi connectivity index (χ0v) is 17.0. The molecule has 1 aromatic carbocycles. The highest BCUT2D eigenvalue weighted by Crippen LogP contribution is 2.25. The summed E-state index contributed by atoms with van der Waals surface area (Å²) in [5, 5.41) is 2.33. The Morgan fingerprint density at radius 3 is 2.56 bits per heavy atom. The molecule has 1 aliphatic heterocycles. The average Bonchev–Trinajstić information content (AvgIpc) is 2.91. The number of halogens is 1. The van der Waals surface area contributed by atoms with Gasteiger partial charge in [-0.15, -0.1) is 0 Å². The summed E-state index contributed by atoms with van der Waals surface area (Å²) in [5.74, 6) is -1.45. The third-order valence-corrected chi connectivity index (χ3v) is 8.06. The van der Waals surface area contributed by atoms with E-state index in [0.29, 0.717) is 6.42 Å². The van der Waals surface area contributed by atoms with Crippen LogP contribution in [0.1, 0.15) is 16.8 Å². The molecule has 12 heteroatoms. The lowest BCUT2D eigenvalue weighted by molar-refractivity contribution is -0.121. The molecular formula is C15H19ClN2O7S2. The molecule has 0 spiro atoms. The molecule has 1 N–H and O–H groups in total. The van der Waals surface area contributed by atoms with E-state index in [0.717, 1.165) is 16.4 Å². The molecule has 1 fully saturated rings. The highest BCUT2D eigenvalue weighted by Gasteiger charge is 2.31. The van der Waals surface area contributed by atoms with Gasteiger partial charge in [-0.2, -0.15) is 4.31 Å². The quantitative estimate of drug-likeness (QED) is 0.621. The van der Waals surface area contributed by atoms with Crippen molar-refractivity contribution >= 4 is 43.3 Å². The maximum Gasteiger partial charge on any atom is 0.337 e. The number of ether oxygens (including phenoxy) is 1. The van der Waals surface area contributed by atoms with E-state index in [1.54, 1.807) is 0 Å².